The molecule has 1 atom stereocenters. The Bertz CT molecular complexity index is 1780. The summed E-state index contributed by atoms with van der Waals surface area (Å²) in [4.78, 5) is 50.2. The Labute approximate surface area is 259 Å². The van der Waals surface area contributed by atoms with Gasteiger partial charge in [0.1, 0.15) is 18.2 Å². The zero-order valence-corrected chi connectivity index (χ0v) is 24.2. The summed E-state index contributed by atoms with van der Waals surface area (Å²) < 4.78 is 10.9. The molecule has 0 radical (unpaired) electrons. The van der Waals surface area contributed by atoms with Gasteiger partial charge in [-0.2, -0.15) is 0 Å². The number of carboxylic acids is 1. The van der Waals surface area contributed by atoms with Crippen LogP contribution in [-0.4, -0.2) is 41.6 Å². The van der Waals surface area contributed by atoms with Crippen molar-refractivity contribution in [3.8, 4) is 11.1 Å². The fourth-order valence-electron chi connectivity index (χ4n) is 4.70. The van der Waals surface area contributed by atoms with Gasteiger partial charge in [-0.3, -0.25) is 9.59 Å². The van der Waals surface area contributed by atoms with E-state index < -0.39 is 29.9 Å². The lowest BCUT2D eigenvalue weighted by Gasteiger charge is -2.18. The van der Waals surface area contributed by atoms with Crippen molar-refractivity contribution < 1.29 is 33.4 Å². The van der Waals surface area contributed by atoms with Crippen LogP contribution in [0.4, 0.5) is 10.5 Å². The topological polar surface area (TPSA) is 147 Å². The first-order chi connectivity index (χ1) is 21.9. The van der Waals surface area contributed by atoms with Gasteiger partial charge in [0.2, 0.25) is 5.91 Å². The molecule has 228 valence electrons. The van der Waals surface area contributed by atoms with Crippen molar-refractivity contribution in [3.63, 3.8) is 0 Å². The second-order valence-electron chi connectivity index (χ2n) is 10.3. The minimum Gasteiger partial charge on any atom is -0.478 e. The summed E-state index contributed by atoms with van der Waals surface area (Å²) in [6.07, 6.45) is -0.0205. The molecular formula is C35H31N3O7. The zero-order valence-electron chi connectivity index (χ0n) is 24.2. The quantitative estimate of drug-likeness (QED) is 0.123. The number of fused-ring (bicyclic) bond motifs is 1. The molecule has 0 saturated carbocycles. The molecule has 5 aromatic rings. The summed E-state index contributed by atoms with van der Waals surface area (Å²) in [5.74, 6) is -2.00. The molecule has 10 nitrogen and oxygen atoms in total. The Kier molecular flexibility index (Phi) is 9.86. The summed E-state index contributed by atoms with van der Waals surface area (Å²) in [6, 6.07) is 30.6. The lowest BCUT2D eigenvalue weighted by atomic mass is 10.0. The third-order valence-electron chi connectivity index (χ3n) is 7.00. The lowest BCUT2D eigenvalue weighted by Crippen LogP contribution is -2.44. The van der Waals surface area contributed by atoms with Gasteiger partial charge < -0.3 is 30.2 Å². The smallest absolute Gasteiger partial charge is 0.407 e. The van der Waals surface area contributed by atoms with Crippen molar-refractivity contribution in [2.24, 2.45) is 0 Å². The molecule has 0 aliphatic heterocycles. The number of amides is 3. The fraction of sp³-hybridized carbons (Fsp3) is 0.143. The average Bonchev–Trinajstić information content (AvgIpc) is 3.50. The normalized spacial score (nSPS) is 11.4. The zero-order chi connectivity index (χ0) is 31.6. The summed E-state index contributed by atoms with van der Waals surface area (Å²) in [6.45, 7) is 0.345. The summed E-state index contributed by atoms with van der Waals surface area (Å²) in [7, 11) is 0. The first-order valence-electron chi connectivity index (χ1n) is 14.3. The van der Waals surface area contributed by atoms with Crippen molar-refractivity contribution in [3.05, 3.63) is 126 Å². The second-order valence-corrected chi connectivity index (χ2v) is 10.3. The number of rotatable bonds is 12. The number of alkyl carbamates (subject to hydrolysis) is 1. The molecule has 0 bridgehead atoms. The number of carbonyl (C=O) groups excluding carboxylic acids is 3. The molecule has 0 aliphatic rings. The Morgan fingerprint density at radius 3 is 2.31 bits per heavy atom. The molecule has 5 rings (SSSR count). The van der Waals surface area contributed by atoms with Crippen molar-refractivity contribution in [2.45, 2.75) is 25.5 Å². The molecule has 0 saturated heterocycles. The maximum atomic E-state index is 13.5. The van der Waals surface area contributed by atoms with Crippen LogP contribution in [0, 0.1) is 0 Å². The predicted octanol–water partition coefficient (Wildman–Crippen LogP) is 6.24. The first-order valence-corrected chi connectivity index (χ1v) is 14.3. The number of para-hydroxylation sites is 1. The van der Waals surface area contributed by atoms with Crippen LogP contribution in [0.25, 0.3) is 22.1 Å². The van der Waals surface area contributed by atoms with Crippen LogP contribution in [0.5, 0.6) is 0 Å². The van der Waals surface area contributed by atoms with E-state index in [2.05, 4.69) is 16.0 Å². The minimum atomic E-state index is -1.04. The van der Waals surface area contributed by atoms with Gasteiger partial charge in [0.05, 0.1) is 5.56 Å². The maximum absolute atomic E-state index is 13.5. The fourth-order valence-corrected chi connectivity index (χ4v) is 4.70. The molecular weight excluding hydrogens is 574 g/mol. The van der Waals surface area contributed by atoms with Gasteiger partial charge in [0, 0.05) is 17.6 Å². The number of ether oxygens (including phenoxy) is 1. The van der Waals surface area contributed by atoms with Crippen LogP contribution in [0.2, 0.25) is 0 Å². The molecule has 1 aromatic heterocycles. The van der Waals surface area contributed by atoms with E-state index in [9.17, 15) is 24.3 Å². The molecule has 0 unspecified atom stereocenters. The second kappa shape index (κ2) is 14.5. The van der Waals surface area contributed by atoms with Gasteiger partial charge in [0.25, 0.3) is 5.91 Å². The van der Waals surface area contributed by atoms with Crippen molar-refractivity contribution >= 4 is 40.5 Å². The van der Waals surface area contributed by atoms with Crippen LogP contribution in [0.15, 0.2) is 114 Å². The van der Waals surface area contributed by atoms with Gasteiger partial charge in [-0.1, -0.05) is 72.8 Å². The Morgan fingerprint density at radius 1 is 0.800 bits per heavy atom. The van der Waals surface area contributed by atoms with Gasteiger partial charge in [-0.05, 0) is 65.9 Å². The first kappa shape index (κ1) is 30.6. The van der Waals surface area contributed by atoms with Gasteiger partial charge in [0.15, 0.2) is 5.76 Å². The summed E-state index contributed by atoms with van der Waals surface area (Å²) in [5.41, 5.74) is 3.39. The predicted molar refractivity (Wildman–Crippen MR) is 169 cm³/mol. The number of anilines is 1. The molecule has 4 N–H and O–H groups in total. The highest BCUT2D eigenvalue weighted by Crippen LogP contribution is 2.24. The molecule has 0 fully saturated rings. The van der Waals surface area contributed by atoms with Crippen LogP contribution in [0.3, 0.4) is 0 Å². The van der Waals surface area contributed by atoms with E-state index in [0.717, 1.165) is 10.9 Å². The monoisotopic (exact) mass is 605 g/mol. The Hall–Kier alpha value is -5.90. The number of nitrogens with one attached hydrogen (secondary N) is 3. The lowest BCUT2D eigenvalue weighted by molar-refractivity contribution is -0.118. The van der Waals surface area contributed by atoms with E-state index in [1.165, 1.54) is 6.07 Å². The largest absolute Gasteiger partial charge is 0.478 e. The van der Waals surface area contributed by atoms with Gasteiger partial charge in [-0.25, -0.2) is 9.59 Å². The van der Waals surface area contributed by atoms with Gasteiger partial charge in [-0.15, -0.1) is 0 Å². The van der Waals surface area contributed by atoms with E-state index in [-0.39, 0.29) is 30.9 Å². The number of carbonyl (C=O) groups is 4. The van der Waals surface area contributed by atoms with E-state index in [4.69, 9.17) is 9.15 Å². The van der Waals surface area contributed by atoms with Crippen molar-refractivity contribution in [1.29, 1.82) is 0 Å². The van der Waals surface area contributed by atoms with E-state index in [1.807, 2.05) is 42.5 Å². The Balaban J connectivity index is 1.24. The standard InChI is InChI=1S/C35H31N3O7/c39-32(37-28-15-7-13-25(20-28)24-12-6-14-27(19-24)34(41)42)29(38-33(40)31-21-26-11-4-5-17-30(26)45-31)16-8-18-36-35(43)44-22-23-9-2-1-3-10-23/h1-7,9-15,17,19-21,29H,8,16,18,22H2,(H,36,43)(H,37,39)(H,38,40)(H,41,42)/t29-/m0/s1. The maximum Gasteiger partial charge on any atom is 0.407 e. The third-order valence-corrected chi connectivity index (χ3v) is 7.00. The molecule has 3 amide bonds. The number of hydrogen-bond donors (Lipinski definition) is 4. The third kappa shape index (κ3) is 8.35. The molecule has 1 heterocycles. The molecule has 10 heteroatoms. The van der Waals surface area contributed by atoms with Crippen LogP contribution in [0.1, 0.15) is 39.3 Å². The number of aromatic carboxylic acids is 1. The van der Waals surface area contributed by atoms with Crippen LogP contribution < -0.4 is 16.0 Å². The highest BCUT2D eigenvalue weighted by Gasteiger charge is 2.23. The Morgan fingerprint density at radius 2 is 1.53 bits per heavy atom. The molecule has 4 aromatic carbocycles. The average molecular weight is 606 g/mol. The van der Waals surface area contributed by atoms with Crippen LogP contribution in [-0.2, 0) is 16.1 Å². The summed E-state index contributed by atoms with van der Waals surface area (Å²) in [5, 5.41) is 18.4. The minimum absolute atomic E-state index is 0.0666. The highest BCUT2D eigenvalue weighted by atomic mass is 16.5. The van der Waals surface area contributed by atoms with Crippen molar-refractivity contribution in [2.75, 3.05) is 11.9 Å². The molecule has 0 aliphatic carbocycles. The SMILES string of the molecule is O=C(NCCC[C@H](NC(=O)c1cc2ccccc2o1)C(=O)Nc1cccc(-c2cccc(C(=O)O)c2)c1)OCc1ccccc1. The summed E-state index contributed by atoms with van der Waals surface area (Å²) >= 11 is 0. The molecule has 0 spiro atoms. The van der Waals surface area contributed by atoms with Crippen LogP contribution >= 0.6 is 0 Å². The number of benzene rings is 4. The van der Waals surface area contributed by atoms with E-state index >= 15 is 0 Å². The highest BCUT2D eigenvalue weighted by molar-refractivity contribution is 6.02. The van der Waals surface area contributed by atoms with E-state index in [0.29, 0.717) is 28.8 Å². The number of furan rings is 1. The number of hydrogen-bond acceptors (Lipinski definition) is 6. The molecule has 45 heavy (non-hydrogen) atoms. The van der Waals surface area contributed by atoms with E-state index in [1.54, 1.807) is 60.7 Å². The number of carboxylic acid groups (broad SMARTS) is 1. The van der Waals surface area contributed by atoms with Crippen molar-refractivity contribution in [1.82, 2.24) is 10.6 Å². The van der Waals surface area contributed by atoms with Gasteiger partial charge >= 0.3 is 12.1 Å².